The number of hydrogen-bond acceptors (Lipinski definition) is 2. The highest BCUT2D eigenvalue weighted by Crippen LogP contribution is 2.20. The van der Waals surface area contributed by atoms with E-state index in [2.05, 4.69) is 32.2 Å². The van der Waals surface area contributed by atoms with E-state index >= 15 is 0 Å². The van der Waals surface area contributed by atoms with Crippen molar-refractivity contribution in [3.05, 3.63) is 29.8 Å². The number of amides is 1. The summed E-state index contributed by atoms with van der Waals surface area (Å²) in [7, 11) is 0. The Morgan fingerprint density at radius 3 is 2.53 bits per heavy atom. The number of carbonyl (C=O) groups is 1. The average molecular weight is 251 g/mol. The van der Waals surface area contributed by atoms with Crippen molar-refractivity contribution in [2.45, 2.75) is 32.1 Å². The zero-order chi connectivity index (χ0) is 12.9. The molecule has 3 heteroatoms. The van der Waals surface area contributed by atoms with E-state index in [1.165, 1.54) is 4.90 Å². The summed E-state index contributed by atoms with van der Waals surface area (Å²) in [4.78, 5) is 13.0. The van der Waals surface area contributed by atoms with Crippen LogP contribution < -0.4 is 5.32 Å². The molecule has 17 heavy (non-hydrogen) atoms. The Morgan fingerprint density at radius 2 is 1.94 bits per heavy atom. The molecule has 0 aliphatic heterocycles. The molecule has 0 bridgehead atoms. The van der Waals surface area contributed by atoms with Gasteiger partial charge in [0.2, 0.25) is 5.91 Å². The molecule has 0 aliphatic carbocycles. The van der Waals surface area contributed by atoms with Crippen LogP contribution in [0.1, 0.15) is 26.3 Å². The van der Waals surface area contributed by atoms with Gasteiger partial charge in [0.1, 0.15) is 0 Å². The number of benzene rings is 1. The highest BCUT2D eigenvalue weighted by atomic mass is 32.2. The molecule has 0 aliphatic rings. The van der Waals surface area contributed by atoms with Gasteiger partial charge in [-0.15, -0.1) is 11.8 Å². The fourth-order valence-corrected chi connectivity index (χ4v) is 2.07. The molecule has 0 saturated heterocycles. The zero-order valence-corrected chi connectivity index (χ0v) is 11.9. The first-order valence-electron chi connectivity index (χ1n) is 5.81. The van der Waals surface area contributed by atoms with Crippen LogP contribution in [0.3, 0.4) is 0 Å². The number of nitrogens with one attached hydrogen (secondary N) is 1. The minimum atomic E-state index is 0.0985. The second kappa shape index (κ2) is 6.10. The first-order chi connectivity index (χ1) is 7.92. The Balaban J connectivity index is 2.56. The van der Waals surface area contributed by atoms with Crippen molar-refractivity contribution in [3.63, 3.8) is 0 Å². The molecule has 0 fully saturated rings. The molecule has 1 aromatic carbocycles. The van der Waals surface area contributed by atoms with Crippen molar-refractivity contribution in [1.82, 2.24) is 5.32 Å². The topological polar surface area (TPSA) is 29.1 Å². The number of thioether (sulfide) groups is 1. The van der Waals surface area contributed by atoms with E-state index in [0.717, 1.165) is 5.56 Å². The third-order valence-corrected chi connectivity index (χ3v) is 3.20. The lowest BCUT2D eigenvalue weighted by molar-refractivity contribution is -0.120. The maximum atomic E-state index is 11.8. The molecule has 0 aromatic heterocycles. The molecule has 1 amide bonds. The number of hydrogen-bond donors (Lipinski definition) is 1. The van der Waals surface area contributed by atoms with Gasteiger partial charge in [-0.2, -0.15) is 0 Å². The molecule has 1 rings (SSSR count). The van der Waals surface area contributed by atoms with E-state index in [4.69, 9.17) is 0 Å². The summed E-state index contributed by atoms with van der Waals surface area (Å²) in [6.45, 7) is 7.06. The van der Waals surface area contributed by atoms with E-state index in [-0.39, 0.29) is 11.3 Å². The van der Waals surface area contributed by atoms with Gasteiger partial charge in [0.05, 0.1) is 6.42 Å². The summed E-state index contributed by atoms with van der Waals surface area (Å²) in [6.07, 6.45) is 2.50. The highest BCUT2D eigenvalue weighted by molar-refractivity contribution is 7.98. The maximum absolute atomic E-state index is 11.8. The van der Waals surface area contributed by atoms with Gasteiger partial charge < -0.3 is 5.32 Å². The lowest BCUT2D eigenvalue weighted by Crippen LogP contribution is -2.33. The van der Waals surface area contributed by atoms with Crippen molar-refractivity contribution in [2.75, 3.05) is 12.8 Å². The highest BCUT2D eigenvalue weighted by Gasteiger charge is 2.12. The summed E-state index contributed by atoms with van der Waals surface area (Å²) in [5.41, 5.74) is 1.24. The van der Waals surface area contributed by atoms with Gasteiger partial charge in [0, 0.05) is 11.4 Å². The van der Waals surface area contributed by atoms with Gasteiger partial charge >= 0.3 is 0 Å². The molecule has 0 heterocycles. The van der Waals surface area contributed by atoms with E-state index < -0.39 is 0 Å². The quantitative estimate of drug-likeness (QED) is 0.833. The van der Waals surface area contributed by atoms with Gasteiger partial charge in [-0.05, 0) is 23.3 Å². The lowest BCUT2D eigenvalue weighted by atomic mass is 9.97. The first kappa shape index (κ1) is 14.1. The van der Waals surface area contributed by atoms with Crippen LogP contribution in [-0.4, -0.2) is 18.7 Å². The molecular formula is C14H21NOS. The van der Waals surface area contributed by atoms with E-state index in [1.807, 2.05) is 24.5 Å². The fraction of sp³-hybridized carbons (Fsp3) is 0.500. The minimum absolute atomic E-state index is 0.0985. The smallest absolute Gasteiger partial charge is 0.224 e. The molecule has 0 atom stereocenters. The van der Waals surface area contributed by atoms with Crippen molar-refractivity contribution in [1.29, 1.82) is 0 Å². The van der Waals surface area contributed by atoms with Crippen LogP contribution in [0.5, 0.6) is 0 Å². The van der Waals surface area contributed by atoms with Crippen LogP contribution in [0.2, 0.25) is 0 Å². The van der Waals surface area contributed by atoms with Crippen LogP contribution >= 0.6 is 11.8 Å². The second-order valence-electron chi connectivity index (χ2n) is 5.33. The Bertz CT molecular complexity index is 382. The van der Waals surface area contributed by atoms with Gasteiger partial charge in [-0.25, -0.2) is 0 Å². The summed E-state index contributed by atoms with van der Waals surface area (Å²) in [5.74, 6) is 0.0985. The fourth-order valence-electron chi connectivity index (χ4n) is 1.45. The normalized spacial score (nSPS) is 11.3. The standard InChI is InChI=1S/C14H21NOS/c1-14(2,3)10-15-13(16)9-11-7-5-6-8-12(11)17-4/h5-8H,9-10H2,1-4H3,(H,15,16). The molecule has 2 nitrogen and oxygen atoms in total. The van der Waals surface area contributed by atoms with Crippen LogP contribution in [0.25, 0.3) is 0 Å². The SMILES string of the molecule is CSc1ccccc1CC(=O)NCC(C)(C)C. The third-order valence-electron chi connectivity index (χ3n) is 2.36. The monoisotopic (exact) mass is 251 g/mol. The second-order valence-corrected chi connectivity index (χ2v) is 6.17. The lowest BCUT2D eigenvalue weighted by Gasteiger charge is -2.18. The molecular weight excluding hydrogens is 230 g/mol. The summed E-state index contributed by atoms with van der Waals surface area (Å²) < 4.78 is 0. The Labute approximate surface area is 108 Å². The number of carbonyl (C=O) groups excluding carboxylic acids is 1. The van der Waals surface area contributed by atoms with Gasteiger partial charge in [-0.3, -0.25) is 4.79 Å². The molecule has 0 radical (unpaired) electrons. The van der Waals surface area contributed by atoms with E-state index in [0.29, 0.717) is 13.0 Å². The largest absolute Gasteiger partial charge is 0.355 e. The number of rotatable bonds is 4. The third kappa shape index (κ3) is 5.26. The van der Waals surface area contributed by atoms with Crippen LogP contribution in [0.15, 0.2) is 29.2 Å². The van der Waals surface area contributed by atoms with Crippen molar-refractivity contribution >= 4 is 17.7 Å². The van der Waals surface area contributed by atoms with Crippen molar-refractivity contribution in [2.24, 2.45) is 5.41 Å². The zero-order valence-electron chi connectivity index (χ0n) is 11.0. The van der Waals surface area contributed by atoms with Gasteiger partial charge in [0.15, 0.2) is 0 Å². The summed E-state index contributed by atoms with van der Waals surface area (Å²) in [6, 6.07) is 8.05. The predicted octanol–water partition coefficient (Wildman–Crippen LogP) is 3.11. The van der Waals surface area contributed by atoms with Gasteiger partial charge in [0.25, 0.3) is 0 Å². The first-order valence-corrected chi connectivity index (χ1v) is 7.03. The molecule has 1 aromatic rings. The molecule has 0 spiro atoms. The van der Waals surface area contributed by atoms with Crippen LogP contribution in [0.4, 0.5) is 0 Å². The molecule has 0 saturated carbocycles. The van der Waals surface area contributed by atoms with E-state index in [1.54, 1.807) is 11.8 Å². The van der Waals surface area contributed by atoms with Crippen molar-refractivity contribution in [3.8, 4) is 0 Å². The minimum Gasteiger partial charge on any atom is -0.355 e. The Morgan fingerprint density at radius 1 is 1.29 bits per heavy atom. The average Bonchev–Trinajstić information content (AvgIpc) is 2.26. The van der Waals surface area contributed by atoms with E-state index in [9.17, 15) is 4.79 Å². The molecule has 0 unspecified atom stereocenters. The van der Waals surface area contributed by atoms with Gasteiger partial charge in [-0.1, -0.05) is 39.0 Å². The molecule has 94 valence electrons. The maximum Gasteiger partial charge on any atom is 0.224 e. The predicted molar refractivity (Wildman–Crippen MR) is 74.4 cm³/mol. The van der Waals surface area contributed by atoms with Crippen LogP contribution in [-0.2, 0) is 11.2 Å². The summed E-state index contributed by atoms with van der Waals surface area (Å²) in [5, 5.41) is 2.97. The van der Waals surface area contributed by atoms with Crippen molar-refractivity contribution < 1.29 is 4.79 Å². The molecule has 1 N–H and O–H groups in total. The Hall–Kier alpha value is -0.960. The van der Waals surface area contributed by atoms with Crippen LogP contribution in [0, 0.1) is 5.41 Å². The Kier molecular flexibility index (Phi) is 5.06. The summed E-state index contributed by atoms with van der Waals surface area (Å²) >= 11 is 1.68.